The summed E-state index contributed by atoms with van der Waals surface area (Å²) < 4.78 is 0. The number of rotatable bonds is 5. The van der Waals surface area contributed by atoms with Gasteiger partial charge in [-0.05, 0) is 18.8 Å². The molecule has 18 heavy (non-hydrogen) atoms. The summed E-state index contributed by atoms with van der Waals surface area (Å²) in [5.41, 5.74) is 5.36. The first-order valence-corrected chi connectivity index (χ1v) is 6.45. The Labute approximate surface area is 111 Å². The number of nitrogens with two attached hydrogens (primary N) is 1. The maximum Gasteiger partial charge on any atom is 0.240 e. The summed E-state index contributed by atoms with van der Waals surface area (Å²) in [5, 5.41) is 3.42. The summed E-state index contributed by atoms with van der Waals surface area (Å²) in [6.45, 7) is 3.85. The molecule has 1 aromatic rings. The lowest BCUT2D eigenvalue weighted by molar-refractivity contribution is -0.119. The van der Waals surface area contributed by atoms with Crippen molar-refractivity contribution in [3.05, 3.63) is 17.0 Å². The molecule has 5 nitrogen and oxygen atoms in total. The number of aromatic nitrogens is 2. The van der Waals surface area contributed by atoms with Crippen LogP contribution in [0.5, 0.6) is 0 Å². The second-order valence-electron chi connectivity index (χ2n) is 4.98. The van der Waals surface area contributed by atoms with Gasteiger partial charge in [0.1, 0.15) is 22.8 Å². The second-order valence-corrected chi connectivity index (χ2v) is 5.36. The number of carbonyl (C=O) groups is 1. The highest BCUT2D eigenvalue weighted by Crippen LogP contribution is 2.38. The van der Waals surface area contributed by atoms with Crippen LogP contribution in [0.4, 0.5) is 5.82 Å². The van der Waals surface area contributed by atoms with E-state index in [1.165, 1.54) is 0 Å². The van der Waals surface area contributed by atoms with Crippen LogP contribution in [-0.4, -0.2) is 21.9 Å². The number of hydrogen-bond acceptors (Lipinski definition) is 4. The van der Waals surface area contributed by atoms with E-state index in [4.69, 9.17) is 17.3 Å². The highest BCUT2D eigenvalue weighted by Gasteiger charge is 2.28. The first-order valence-electron chi connectivity index (χ1n) is 6.07. The molecule has 1 unspecified atom stereocenters. The van der Waals surface area contributed by atoms with Crippen molar-refractivity contribution in [3.8, 4) is 0 Å². The van der Waals surface area contributed by atoms with E-state index in [0.717, 1.165) is 18.7 Å². The van der Waals surface area contributed by atoms with Gasteiger partial charge in [-0.3, -0.25) is 4.79 Å². The SMILES string of the molecule is CC(C)C(Nc1cc(Cl)nc(C2CC2)n1)C(N)=O. The smallest absolute Gasteiger partial charge is 0.240 e. The Kier molecular flexibility index (Phi) is 3.71. The van der Waals surface area contributed by atoms with Gasteiger partial charge in [0.15, 0.2) is 0 Å². The summed E-state index contributed by atoms with van der Waals surface area (Å²) in [6.07, 6.45) is 2.20. The molecular weight excluding hydrogens is 252 g/mol. The van der Waals surface area contributed by atoms with Crippen molar-refractivity contribution in [3.63, 3.8) is 0 Å². The normalized spacial score (nSPS) is 16.7. The van der Waals surface area contributed by atoms with Gasteiger partial charge in [0, 0.05) is 12.0 Å². The van der Waals surface area contributed by atoms with Crippen molar-refractivity contribution < 1.29 is 4.79 Å². The van der Waals surface area contributed by atoms with Crippen LogP contribution < -0.4 is 11.1 Å². The molecule has 6 heteroatoms. The minimum Gasteiger partial charge on any atom is -0.368 e. The van der Waals surface area contributed by atoms with Gasteiger partial charge in [-0.25, -0.2) is 9.97 Å². The molecule has 0 radical (unpaired) electrons. The fourth-order valence-corrected chi connectivity index (χ4v) is 1.95. The van der Waals surface area contributed by atoms with Crippen molar-refractivity contribution in [2.24, 2.45) is 11.7 Å². The van der Waals surface area contributed by atoms with Crippen molar-refractivity contribution in [2.45, 2.75) is 38.6 Å². The minimum atomic E-state index is -0.456. The number of halogens is 1. The average Bonchev–Trinajstić information content (AvgIpc) is 3.07. The highest BCUT2D eigenvalue weighted by molar-refractivity contribution is 6.29. The number of hydrogen-bond donors (Lipinski definition) is 2. The Balaban J connectivity index is 2.19. The Bertz CT molecular complexity index is 459. The molecule has 0 aliphatic heterocycles. The number of nitrogens with zero attached hydrogens (tertiary/aromatic N) is 2. The van der Waals surface area contributed by atoms with E-state index in [2.05, 4.69) is 15.3 Å². The van der Waals surface area contributed by atoms with Crippen molar-refractivity contribution in [2.75, 3.05) is 5.32 Å². The van der Waals surface area contributed by atoms with E-state index in [1.807, 2.05) is 13.8 Å². The molecule has 0 aromatic carbocycles. The lowest BCUT2D eigenvalue weighted by atomic mass is 10.0. The first kappa shape index (κ1) is 13.1. The second kappa shape index (κ2) is 5.10. The largest absolute Gasteiger partial charge is 0.368 e. The molecule has 0 bridgehead atoms. The number of nitrogens with one attached hydrogen (secondary N) is 1. The molecule has 0 spiro atoms. The predicted octanol–water partition coefficient (Wildman–Crippen LogP) is 1.93. The average molecular weight is 269 g/mol. The number of amides is 1. The van der Waals surface area contributed by atoms with Gasteiger partial charge in [0.2, 0.25) is 5.91 Å². The fraction of sp³-hybridized carbons (Fsp3) is 0.583. The zero-order valence-electron chi connectivity index (χ0n) is 10.5. The molecule has 1 heterocycles. The molecule has 1 atom stereocenters. The van der Waals surface area contributed by atoms with Crippen LogP contribution in [-0.2, 0) is 4.79 Å². The molecule has 2 rings (SSSR count). The molecule has 1 aliphatic carbocycles. The van der Waals surface area contributed by atoms with Crippen LogP contribution in [0.1, 0.15) is 38.4 Å². The molecule has 3 N–H and O–H groups in total. The monoisotopic (exact) mass is 268 g/mol. The van der Waals surface area contributed by atoms with Gasteiger partial charge in [0.05, 0.1) is 0 Å². The van der Waals surface area contributed by atoms with Crippen molar-refractivity contribution >= 4 is 23.3 Å². The molecule has 1 amide bonds. The van der Waals surface area contributed by atoms with E-state index in [0.29, 0.717) is 16.9 Å². The van der Waals surface area contributed by atoms with E-state index < -0.39 is 11.9 Å². The van der Waals surface area contributed by atoms with E-state index >= 15 is 0 Å². The Hall–Kier alpha value is -1.36. The van der Waals surface area contributed by atoms with Crippen LogP contribution in [0.15, 0.2) is 6.07 Å². The molecule has 0 saturated heterocycles. The summed E-state index contributed by atoms with van der Waals surface area (Å²) in [4.78, 5) is 19.9. The van der Waals surface area contributed by atoms with Crippen LogP contribution in [0.25, 0.3) is 0 Å². The maximum atomic E-state index is 11.3. The number of anilines is 1. The van der Waals surface area contributed by atoms with Crippen LogP contribution in [0.3, 0.4) is 0 Å². The zero-order valence-corrected chi connectivity index (χ0v) is 11.2. The van der Waals surface area contributed by atoms with Crippen LogP contribution in [0, 0.1) is 5.92 Å². The van der Waals surface area contributed by atoms with E-state index in [9.17, 15) is 4.79 Å². The first-order chi connectivity index (χ1) is 8.47. The summed E-state index contributed by atoms with van der Waals surface area (Å²) in [5.74, 6) is 1.41. The Morgan fingerprint density at radius 1 is 1.50 bits per heavy atom. The standard InChI is InChI=1S/C12H17ClN4O/c1-6(2)10(11(14)18)16-9-5-8(13)15-12(17-9)7-3-4-7/h5-7,10H,3-4H2,1-2H3,(H2,14,18)(H,15,16,17). The quantitative estimate of drug-likeness (QED) is 0.800. The van der Waals surface area contributed by atoms with Crippen LogP contribution in [0.2, 0.25) is 5.15 Å². The van der Waals surface area contributed by atoms with Gasteiger partial charge in [-0.2, -0.15) is 0 Å². The van der Waals surface area contributed by atoms with Crippen LogP contribution >= 0.6 is 11.6 Å². The molecule has 1 aliphatic rings. The topological polar surface area (TPSA) is 80.9 Å². The van der Waals surface area contributed by atoms with Gasteiger partial charge in [-0.1, -0.05) is 25.4 Å². The summed E-state index contributed by atoms with van der Waals surface area (Å²) in [6, 6.07) is 1.16. The highest BCUT2D eigenvalue weighted by atomic mass is 35.5. The molecule has 1 fully saturated rings. The van der Waals surface area contributed by atoms with Gasteiger partial charge in [0.25, 0.3) is 0 Å². The molecular formula is C12H17ClN4O. The summed E-state index contributed by atoms with van der Waals surface area (Å²) >= 11 is 5.96. The van der Waals surface area contributed by atoms with Gasteiger partial charge in [-0.15, -0.1) is 0 Å². The van der Waals surface area contributed by atoms with Gasteiger partial charge < -0.3 is 11.1 Å². The third-order valence-corrected chi connectivity index (χ3v) is 3.12. The number of primary amides is 1. The minimum absolute atomic E-state index is 0.0839. The summed E-state index contributed by atoms with van der Waals surface area (Å²) in [7, 11) is 0. The van der Waals surface area contributed by atoms with Crippen molar-refractivity contribution in [1.82, 2.24) is 9.97 Å². The molecule has 98 valence electrons. The molecule has 1 aromatic heterocycles. The Morgan fingerprint density at radius 3 is 2.67 bits per heavy atom. The third kappa shape index (κ3) is 3.10. The maximum absolute atomic E-state index is 11.3. The predicted molar refractivity (Wildman–Crippen MR) is 70.5 cm³/mol. The Morgan fingerprint density at radius 2 is 2.17 bits per heavy atom. The van der Waals surface area contributed by atoms with E-state index in [-0.39, 0.29) is 5.92 Å². The lowest BCUT2D eigenvalue weighted by Gasteiger charge is -2.19. The fourth-order valence-electron chi connectivity index (χ4n) is 1.76. The number of carbonyl (C=O) groups excluding carboxylic acids is 1. The lowest BCUT2D eigenvalue weighted by Crippen LogP contribution is -2.39. The zero-order chi connectivity index (χ0) is 13.3. The van der Waals surface area contributed by atoms with Gasteiger partial charge >= 0.3 is 0 Å². The van der Waals surface area contributed by atoms with Crippen molar-refractivity contribution in [1.29, 1.82) is 0 Å². The molecule has 1 saturated carbocycles. The third-order valence-electron chi connectivity index (χ3n) is 2.93. The van der Waals surface area contributed by atoms with E-state index in [1.54, 1.807) is 6.07 Å².